The number of hydrogen-bond donors (Lipinski definition) is 1. The molecule has 1 aromatic carbocycles. The van der Waals surface area contributed by atoms with Crippen LogP contribution in [0.1, 0.15) is 24.8 Å². The van der Waals surface area contributed by atoms with Crippen molar-refractivity contribution in [1.82, 2.24) is 4.90 Å². The molecule has 3 heteroatoms. The van der Waals surface area contributed by atoms with E-state index in [4.69, 9.17) is 5.73 Å². The van der Waals surface area contributed by atoms with Crippen LogP contribution in [0, 0.1) is 0 Å². The van der Waals surface area contributed by atoms with Gasteiger partial charge in [0.15, 0.2) is 0 Å². The van der Waals surface area contributed by atoms with E-state index in [9.17, 15) is 0 Å². The van der Waals surface area contributed by atoms with Crippen molar-refractivity contribution in [1.29, 1.82) is 0 Å². The van der Waals surface area contributed by atoms with E-state index in [1.54, 1.807) is 0 Å². The van der Waals surface area contributed by atoms with Crippen molar-refractivity contribution in [2.45, 2.75) is 31.7 Å². The summed E-state index contributed by atoms with van der Waals surface area (Å²) >= 11 is 0. The van der Waals surface area contributed by atoms with Gasteiger partial charge in [-0.1, -0.05) is 18.2 Å². The number of rotatable bonds is 3. The number of nitrogens with two attached hydrogens (primary N) is 1. The Morgan fingerprint density at radius 1 is 1.11 bits per heavy atom. The average Bonchev–Trinajstić information content (AvgIpc) is 2.48. The fourth-order valence-electron chi connectivity index (χ4n) is 3.58. The standard InChI is InChI=1S/C16H25N3/c17-9-13-18-11-7-15(8-12-18)19-10-3-5-14-4-1-2-6-16(14)19/h1-2,4,6,15H,3,5,7-13,17H2. The summed E-state index contributed by atoms with van der Waals surface area (Å²) in [5.74, 6) is 0. The summed E-state index contributed by atoms with van der Waals surface area (Å²) in [6.45, 7) is 5.50. The molecule has 2 heterocycles. The lowest BCUT2D eigenvalue weighted by Gasteiger charge is -2.42. The first kappa shape index (κ1) is 12.9. The van der Waals surface area contributed by atoms with Crippen LogP contribution in [0.25, 0.3) is 0 Å². The topological polar surface area (TPSA) is 32.5 Å². The van der Waals surface area contributed by atoms with Gasteiger partial charge >= 0.3 is 0 Å². The molecule has 0 spiro atoms. The molecule has 2 aliphatic heterocycles. The Kier molecular flexibility index (Phi) is 4.04. The predicted molar refractivity (Wildman–Crippen MR) is 80.6 cm³/mol. The lowest BCUT2D eigenvalue weighted by Crippen LogP contribution is -2.47. The van der Waals surface area contributed by atoms with E-state index in [-0.39, 0.29) is 0 Å². The third-order valence-corrected chi connectivity index (χ3v) is 4.59. The Bertz CT molecular complexity index is 410. The van der Waals surface area contributed by atoms with E-state index in [0.717, 1.165) is 19.1 Å². The largest absolute Gasteiger partial charge is 0.368 e. The molecule has 0 aliphatic carbocycles. The monoisotopic (exact) mass is 259 g/mol. The molecule has 0 atom stereocenters. The number of para-hydroxylation sites is 1. The zero-order chi connectivity index (χ0) is 13.1. The first-order chi connectivity index (χ1) is 9.38. The minimum Gasteiger partial charge on any atom is -0.368 e. The number of aryl methyl sites for hydroxylation is 1. The normalized spacial score (nSPS) is 21.4. The molecule has 0 amide bonds. The molecule has 1 aromatic rings. The van der Waals surface area contributed by atoms with Crippen molar-refractivity contribution in [3.8, 4) is 0 Å². The number of benzene rings is 1. The summed E-state index contributed by atoms with van der Waals surface area (Å²) in [5, 5.41) is 0. The van der Waals surface area contributed by atoms with E-state index in [1.165, 1.54) is 56.6 Å². The Labute approximate surface area is 116 Å². The molecular weight excluding hydrogens is 234 g/mol. The van der Waals surface area contributed by atoms with E-state index in [1.807, 2.05) is 0 Å². The molecule has 1 fully saturated rings. The van der Waals surface area contributed by atoms with Crippen LogP contribution < -0.4 is 10.6 Å². The second-order valence-corrected chi connectivity index (χ2v) is 5.79. The number of nitrogens with zero attached hydrogens (tertiary/aromatic N) is 2. The van der Waals surface area contributed by atoms with Crippen molar-refractivity contribution < 1.29 is 0 Å². The minimum atomic E-state index is 0.732. The van der Waals surface area contributed by atoms with Crippen molar-refractivity contribution >= 4 is 5.69 Å². The molecular formula is C16H25N3. The molecule has 0 saturated carbocycles. The first-order valence-electron chi connectivity index (χ1n) is 7.65. The van der Waals surface area contributed by atoms with Gasteiger partial charge in [-0.25, -0.2) is 0 Å². The third-order valence-electron chi connectivity index (χ3n) is 4.59. The Balaban J connectivity index is 1.68. The average molecular weight is 259 g/mol. The first-order valence-corrected chi connectivity index (χ1v) is 7.65. The van der Waals surface area contributed by atoms with Crippen LogP contribution in [0.3, 0.4) is 0 Å². The molecule has 0 radical (unpaired) electrons. The van der Waals surface area contributed by atoms with Gasteiger partial charge in [0.2, 0.25) is 0 Å². The van der Waals surface area contributed by atoms with Crippen LogP contribution in [0.2, 0.25) is 0 Å². The van der Waals surface area contributed by atoms with Crippen LogP contribution in [-0.4, -0.2) is 43.7 Å². The second kappa shape index (κ2) is 5.93. The summed E-state index contributed by atoms with van der Waals surface area (Å²) in [6.07, 6.45) is 5.13. The number of anilines is 1. The summed E-state index contributed by atoms with van der Waals surface area (Å²) in [6, 6.07) is 9.69. The minimum absolute atomic E-state index is 0.732. The van der Waals surface area contributed by atoms with Crippen LogP contribution in [0.15, 0.2) is 24.3 Å². The van der Waals surface area contributed by atoms with Crippen molar-refractivity contribution in [2.75, 3.05) is 37.6 Å². The summed E-state index contributed by atoms with van der Waals surface area (Å²) < 4.78 is 0. The lowest BCUT2D eigenvalue weighted by atomic mass is 9.96. The maximum Gasteiger partial charge on any atom is 0.0401 e. The molecule has 3 nitrogen and oxygen atoms in total. The van der Waals surface area contributed by atoms with Gasteiger partial charge in [0.05, 0.1) is 0 Å². The predicted octanol–water partition coefficient (Wildman–Crippen LogP) is 1.86. The van der Waals surface area contributed by atoms with Gasteiger partial charge in [-0.05, 0) is 37.3 Å². The smallest absolute Gasteiger partial charge is 0.0401 e. The molecule has 2 aliphatic rings. The van der Waals surface area contributed by atoms with E-state index in [2.05, 4.69) is 34.1 Å². The zero-order valence-corrected chi connectivity index (χ0v) is 11.7. The van der Waals surface area contributed by atoms with Gasteiger partial charge in [-0.3, -0.25) is 0 Å². The van der Waals surface area contributed by atoms with Crippen LogP contribution >= 0.6 is 0 Å². The lowest BCUT2D eigenvalue weighted by molar-refractivity contribution is 0.213. The van der Waals surface area contributed by atoms with Crippen molar-refractivity contribution in [2.24, 2.45) is 5.73 Å². The zero-order valence-electron chi connectivity index (χ0n) is 11.7. The van der Waals surface area contributed by atoms with Gasteiger partial charge in [-0.15, -0.1) is 0 Å². The SMILES string of the molecule is NCCN1CCC(N2CCCc3ccccc32)CC1. The maximum absolute atomic E-state index is 5.65. The summed E-state index contributed by atoms with van der Waals surface area (Å²) in [5.41, 5.74) is 8.68. The van der Waals surface area contributed by atoms with E-state index < -0.39 is 0 Å². The maximum atomic E-state index is 5.65. The second-order valence-electron chi connectivity index (χ2n) is 5.79. The molecule has 2 N–H and O–H groups in total. The molecule has 104 valence electrons. The fraction of sp³-hybridized carbons (Fsp3) is 0.625. The van der Waals surface area contributed by atoms with Gasteiger partial charge < -0.3 is 15.5 Å². The van der Waals surface area contributed by atoms with Crippen molar-refractivity contribution in [3.63, 3.8) is 0 Å². The van der Waals surface area contributed by atoms with Crippen LogP contribution in [0.5, 0.6) is 0 Å². The molecule has 0 unspecified atom stereocenters. The van der Waals surface area contributed by atoms with Gasteiger partial charge in [0, 0.05) is 44.5 Å². The van der Waals surface area contributed by atoms with Gasteiger partial charge in [0.1, 0.15) is 0 Å². The summed E-state index contributed by atoms with van der Waals surface area (Å²) in [4.78, 5) is 5.17. The molecule has 0 aromatic heterocycles. The van der Waals surface area contributed by atoms with Gasteiger partial charge in [-0.2, -0.15) is 0 Å². The summed E-state index contributed by atoms with van der Waals surface area (Å²) in [7, 11) is 0. The number of fused-ring (bicyclic) bond motifs is 1. The number of likely N-dealkylation sites (tertiary alicyclic amines) is 1. The highest BCUT2D eigenvalue weighted by Crippen LogP contribution is 2.31. The Morgan fingerprint density at radius 3 is 2.68 bits per heavy atom. The Morgan fingerprint density at radius 2 is 1.89 bits per heavy atom. The fourth-order valence-corrected chi connectivity index (χ4v) is 3.58. The van der Waals surface area contributed by atoms with Crippen LogP contribution in [-0.2, 0) is 6.42 Å². The molecule has 19 heavy (non-hydrogen) atoms. The van der Waals surface area contributed by atoms with Crippen molar-refractivity contribution in [3.05, 3.63) is 29.8 Å². The highest BCUT2D eigenvalue weighted by Gasteiger charge is 2.27. The molecule has 0 bridgehead atoms. The van der Waals surface area contributed by atoms with E-state index >= 15 is 0 Å². The molecule has 1 saturated heterocycles. The highest BCUT2D eigenvalue weighted by atomic mass is 15.2. The quantitative estimate of drug-likeness (QED) is 0.899. The third kappa shape index (κ3) is 2.77. The highest BCUT2D eigenvalue weighted by molar-refractivity contribution is 5.56. The number of piperidine rings is 1. The van der Waals surface area contributed by atoms with E-state index in [0.29, 0.717) is 0 Å². The van der Waals surface area contributed by atoms with Crippen LogP contribution in [0.4, 0.5) is 5.69 Å². The Hall–Kier alpha value is -1.06. The molecule has 3 rings (SSSR count). The van der Waals surface area contributed by atoms with Gasteiger partial charge in [0.25, 0.3) is 0 Å². The number of hydrogen-bond acceptors (Lipinski definition) is 3.